The minimum absolute atomic E-state index is 0.0582. The van der Waals surface area contributed by atoms with Gasteiger partial charge in [-0.05, 0) is 125 Å². The lowest BCUT2D eigenvalue weighted by Crippen LogP contribution is -2.51. The van der Waals surface area contributed by atoms with Crippen molar-refractivity contribution in [3.05, 3.63) is 133 Å². The molecule has 0 N–H and O–H groups in total. The van der Waals surface area contributed by atoms with Gasteiger partial charge in [-0.2, -0.15) is 0 Å². The standard InChI is InChI=1S/C54H70OP2S2/c1-40(2)19-18-20-41(3)49-31-32-50-48-30-29-42-39-43(33-36-53(42,4)51(48)34-37-54(49,50)5)55-38-35-52(56(58,44-21-10-6-11-22-44)45-23-12-7-13-24-45)57(59,46-25-14-8-15-26-46)47-27-16-9-17-28-47/h6-17,21-29,40-41,43,48-52H,18-20,30-39H2,1-5H3/t41-,43+,48?,49-,50+,51+,53+,54-/m1/s1. The third-order valence-corrected chi connectivity index (χ3v) is 29.9. The van der Waals surface area contributed by atoms with Crippen molar-refractivity contribution in [3.8, 4) is 0 Å². The van der Waals surface area contributed by atoms with Crippen LogP contribution < -0.4 is 21.2 Å². The van der Waals surface area contributed by atoms with Crippen LogP contribution in [-0.2, 0) is 28.4 Å². The molecular weight excluding hydrogens is 791 g/mol. The van der Waals surface area contributed by atoms with E-state index in [1.165, 1.54) is 79.0 Å². The Bertz CT molecular complexity index is 1930. The van der Waals surface area contributed by atoms with Crippen LogP contribution in [0.5, 0.6) is 0 Å². The lowest BCUT2D eigenvalue weighted by Gasteiger charge is -2.58. The van der Waals surface area contributed by atoms with E-state index < -0.39 is 12.1 Å². The molecule has 8 atom stereocenters. The van der Waals surface area contributed by atoms with Crippen LogP contribution in [0.4, 0.5) is 0 Å². The second kappa shape index (κ2) is 18.3. The Labute approximate surface area is 368 Å². The van der Waals surface area contributed by atoms with E-state index in [4.69, 9.17) is 28.4 Å². The maximum atomic E-state index is 7.22. The smallest absolute Gasteiger partial charge is 0.0612 e. The minimum Gasteiger partial charge on any atom is -0.378 e. The van der Waals surface area contributed by atoms with Crippen LogP contribution in [0.1, 0.15) is 112 Å². The first-order valence-corrected chi connectivity index (χ1v) is 29.0. The molecule has 3 saturated carbocycles. The largest absolute Gasteiger partial charge is 0.378 e. The predicted octanol–water partition coefficient (Wildman–Crippen LogP) is 13.4. The molecule has 0 aromatic heterocycles. The SMILES string of the molecule is CC(C)CCC[C@@H](C)[C@H]1CC[C@H]2C3CC=C4C[C@@H](OCCC(P(=S)(c5ccccc5)c5ccccc5)P(=S)(c5ccccc5)c5ccccc5)CC[C@]4(C)[C@H]3CC[C@]12C. The van der Waals surface area contributed by atoms with E-state index in [1.54, 1.807) is 5.57 Å². The highest BCUT2D eigenvalue weighted by molar-refractivity contribution is 8.32. The molecule has 0 saturated heterocycles. The van der Waals surface area contributed by atoms with Crippen LogP contribution in [0.25, 0.3) is 0 Å². The third-order valence-electron chi connectivity index (χ3n) is 16.4. The topological polar surface area (TPSA) is 9.23 Å². The van der Waals surface area contributed by atoms with Gasteiger partial charge in [-0.1, -0.05) is 210 Å². The highest BCUT2D eigenvalue weighted by atomic mass is 32.5. The average molecular weight is 861 g/mol. The summed E-state index contributed by atoms with van der Waals surface area (Å²) in [6.07, 6.45) is 18.6. The summed E-state index contributed by atoms with van der Waals surface area (Å²) in [7, 11) is 0. The molecule has 0 spiro atoms. The molecule has 0 amide bonds. The van der Waals surface area contributed by atoms with E-state index in [1.807, 2.05) is 0 Å². The summed E-state index contributed by atoms with van der Waals surface area (Å²) in [6.45, 7) is 13.5. The zero-order valence-corrected chi connectivity index (χ0v) is 40.0. The third kappa shape index (κ3) is 8.29. The van der Waals surface area contributed by atoms with Crippen LogP contribution in [0.15, 0.2) is 133 Å². The highest BCUT2D eigenvalue weighted by Gasteiger charge is 2.59. The van der Waals surface area contributed by atoms with Crippen molar-refractivity contribution in [2.45, 2.75) is 123 Å². The van der Waals surface area contributed by atoms with Crippen molar-refractivity contribution in [2.24, 2.45) is 46.3 Å². The quantitative estimate of drug-likeness (QED) is 0.0871. The van der Waals surface area contributed by atoms with Crippen molar-refractivity contribution in [1.82, 2.24) is 0 Å². The molecule has 4 aromatic rings. The van der Waals surface area contributed by atoms with Gasteiger partial charge in [-0.15, -0.1) is 0 Å². The lowest BCUT2D eigenvalue weighted by molar-refractivity contribution is -0.0639. The summed E-state index contributed by atoms with van der Waals surface area (Å²) in [5.74, 6) is 5.17. The van der Waals surface area contributed by atoms with Gasteiger partial charge >= 0.3 is 0 Å². The first-order chi connectivity index (χ1) is 28.5. The van der Waals surface area contributed by atoms with Crippen molar-refractivity contribution in [1.29, 1.82) is 0 Å². The van der Waals surface area contributed by atoms with Crippen LogP contribution in [0.2, 0.25) is 0 Å². The van der Waals surface area contributed by atoms with Gasteiger partial charge < -0.3 is 4.74 Å². The molecule has 1 unspecified atom stereocenters. The maximum Gasteiger partial charge on any atom is 0.0612 e. The van der Waals surface area contributed by atoms with Gasteiger partial charge in [-0.25, -0.2) is 0 Å². The molecule has 0 heterocycles. The number of fused-ring (bicyclic) bond motifs is 5. The monoisotopic (exact) mass is 860 g/mol. The molecule has 314 valence electrons. The normalized spacial score (nSPS) is 28.7. The number of hydrogen-bond acceptors (Lipinski definition) is 3. The van der Waals surface area contributed by atoms with Crippen molar-refractivity contribution in [2.75, 3.05) is 6.61 Å². The molecule has 5 heteroatoms. The summed E-state index contributed by atoms with van der Waals surface area (Å²) in [5.41, 5.74) is 2.56. The second-order valence-electron chi connectivity index (χ2n) is 20.0. The number of benzene rings is 4. The van der Waals surface area contributed by atoms with E-state index in [9.17, 15) is 0 Å². The summed E-state index contributed by atoms with van der Waals surface area (Å²) >= 11 is 14.4. The number of hydrogen-bond donors (Lipinski definition) is 0. The Morgan fingerprint density at radius 1 is 0.627 bits per heavy atom. The molecule has 4 aromatic carbocycles. The van der Waals surface area contributed by atoms with Crippen molar-refractivity contribution < 1.29 is 4.74 Å². The molecule has 4 aliphatic carbocycles. The van der Waals surface area contributed by atoms with Gasteiger partial charge in [0.05, 0.1) is 6.10 Å². The zero-order valence-electron chi connectivity index (χ0n) is 36.6. The molecule has 0 bridgehead atoms. The molecule has 0 radical (unpaired) electrons. The van der Waals surface area contributed by atoms with E-state index >= 15 is 0 Å². The van der Waals surface area contributed by atoms with E-state index in [0.29, 0.717) is 17.4 Å². The Kier molecular flexibility index (Phi) is 13.5. The lowest BCUT2D eigenvalue weighted by atomic mass is 9.47. The number of ether oxygens (including phenoxy) is 1. The van der Waals surface area contributed by atoms with E-state index in [-0.39, 0.29) is 11.5 Å². The van der Waals surface area contributed by atoms with Crippen LogP contribution in [-0.4, -0.2) is 18.1 Å². The van der Waals surface area contributed by atoms with Gasteiger partial charge in [0.1, 0.15) is 0 Å². The van der Waals surface area contributed by atoms with Crippen LogP contribution in [0.3, 0.4) is 0 Å². The van der Waals surface area contributed by atoms with Crippen molar-refractivity contribution >= 4 is 56.9 Å². The van der Waals surface area contributed by atoms with E-state index in [0.717, 1.165) is 54.8 Å². The summed E-state index contributed by atoms with van der Waals surface area (Å²) in [5, 5.41) is 5.06. The average Bonchev–Trinajstić information content (AvgIpc) is 3.63. The minimum atomic E-state index is -2.46. The molecule has 59 heavy (non-hydrogen) atoms. The molecule has 1 nitrogen and oxygen atoms in total. The second-order valence-corrected chi connectivity index (χ2v) is 29.8. The fraction of sp³-hybridized carbons (Fsp3) is 0.519. The first-order valence-electron chi connectivity index (χ1n) is 23.2. The van der Waals surface area contributed by atoms with Gasteiger partial charge in [-0.3, -0.25) is 0 Å². The number of rotatable bonds is 15. The fourth-order valence-electron chi connectivity index (χ4n) is 13.3. The molecule has 0 aliphatic heterocycles. The Balaban J connectivity index is 1.04. The van der Waals surface area contributed by atoms with E-state index in [2.05, 4.69) is 162 Å². The van der Waals surface area contributed by atoms with Crippen LogP contribution >= 0.6 is 12.1 Å². The van der Waals surface area contributed by atoms with Crippen LogP contribution in [0, 0.1) is 46.3 Å². The van der Waals surface area contributed by atoms with Gasteiger partial charge in [0.2, 0.25) is 0 Å². The Hall–Kier alpha value is -2.12. The van der Waals surface area contributed by atoms with Crippen molar-refractivity contribution in [3.63, 3.8) is 0 Å². The summed E-state index contributed by atoms with van der Waals surface area (Å²) in [6, 6.07) is 39.0. The summed E-state index contributed by atoms with van der Waals surface area (Å²) in [4.78, 5) is 0. The van der Waals surface area contributed by atoms with Gasteiger partial charge in [0.15, 0.2) is 0 Å². The zero-order chi connectivity index (χ0) is 41.3. The number of allylic oxidation sites excluding steroid dienone is 1. The molecular formula is C54H70OP2S2. The predicted molar refractivity (Wildman–Crippen MR) is 264 cm³/mol. The fourth-order valence-corrected chi connectivity index (χ4v) is 27.3. The summed E-state index contributed by atoms with van der Waals surface area (Å²) < 4.78 is 7.15. The molecule has 3 fully saturated rings. The van der Waals surface area contributed by atoms with Gasteiger partial charge in [0.25, 0.3) is 0 Å². The maximum absolute atomic E-state index is 7.22. The highest BCUT2D eigenvalue weighted by Crippen LogP contribution is 2.69. The molecule has 8 rings (SSSR count). The Morgan fingerprint density at radius 3 is 1.66 bits per heavy atom. The Morgan fingerprint density at radius 2 is 1.15 bits per heavy atom. The van der Waals surface area contributed by atoms with Gasteiger partial charge in [0, 0.05) is 24.1 Å². The first kappa shape index (κ1) is 43.5. The molecule has 4 aliphatic rings.